The van der Waals surface area contributed by atoms with Crippen LogP contribution in [0.15, 0.2) is 45.7 Å². The fraction of sp³-hybridized carbons (Fsp3) is 0.188. The predicted octanol–water partition coefficient (Wildman–Crippen LogP) is 2.76. The number of hydrogen-bond donors (Lipinski definition) is 0. The van der Waals surface area contributed by atoms with Crippen LogP contribution < -0.4 is 10.4 Å². The van der Waals surface area contributed by atoms with Gasteiger partial charge in [0.25, 0.3) is 0 Å². The minimum atomic E-state index is -0.430. The van der Waals surface area contributed by atoms with Crippen LogP contribution in [-0.4, -0.2) is 19.8 Å². The van der Waals surface area contributed by atoms with Gasteiger partial charge in [0, 0.05) is 17.1 Å². The van der Waals surface area contributed by atoms with Crippen molar-refractivity contribution in [3.63, 3.8) is 0 Å². The molecule has 3 rings (SSSR count). The van der Waals surface area contributed by atoms with E-state index in [1.165, 1.54) is 17.8 Å². The number of aryl methyl sites for hydroxylation is 2. The lowest BCUT2D eigenvalue weighted by Gasteiger charge is -2.12. The van der Waals surface area contributed by atoms with Crippen molar-refractivity contribution in [1.29, 1.82) is 0 Å². The van der Waals surface area contributed by atoms with Gasteiger partial charge in [0.1, 0.15) is 6.61 Å². The SMILES string of the molecule is Cc1ccc(OCc2c(Br)cccc2-n2nnn(C)c2=O)c(F)c1. The van der Waals surface area contributed by atoms with Crippen LogP contribution in [0, 0.1) is 12.7 Å². The van der Waals surface area contributed by atoms with Crippen molar-refractivity contribution in [2.45, 2.75) is 13.5 Å². The summed E-state index contributed by atoms with van der Waals surface area (Å²) in [6.07, 6.45) is 0. The molecule has 0 spiro atoms. The summed E-state index contributed by atoms with van der Waals surface area (Å²) in [6.45, 7) is 1.87. The minimum Gasteiger partial charge on any atom is -0.486 e. The Labute approximate surface area is 145 Å². The van der Waals surface area contributed by atoms with Crippen LogP contribution in [0.1, 0.15) is 11.1 Å². The second-order valence-corrected chi connectivity index (χ2v) is 6.11. The summed E-state index contributed by atoms with van der Waals surface area (Å²) in [5, 5.41) is 7.54. The summed E-state index contributed by atoms with van der Waals surface area (Å²) < 4.78 is 22.6. The number of ether oxygens (including phenoxy) is 1. The first-order chi connectivity index (χ1) is 11.5. The quantitative estimate of drug-likeness (QED) is 0.684. The Kier molecular flexibility index (Phi) is 4.48. The van der Waals surface area contributed by atoms with Crippen LogP contribution in [0.4, 0.5) is 4.39 Å². The number of benzene rings is 2. The molecule has 0 atom stereocenters. The average Bonchev–Trinajstić information content (AvgIpc) is 2.87. The molecule has 0 unspecified atom stereocenters. The van der Waals surface area contributed by atoms with Gasteiger partial charge in [-0.3, -0.25) is 0 Å². The first-order valence-corrected chi connectivity index (χ1v) is 7.92. The van der Waals surface area contributed by atoms with Gasteiger partial charge in [0.2, 0.25) is 0 Å². The highest BCUT2D eigenvalue weighted by Crippen LogP contribution is 2.26. The third-order valence-electron chi connectivity index (χ3n) is 3.50. The maximum Gasteiger partial charge on any atom is 0.368 e. The van der Waals surface area contributed by atoms with Crippen LogP contribution >= 0.6 is 15.9 Å². The van der Waals surface area contributed by atoms with Crippen molar-refractivity contribution in [3.8, 4) is 11.4 Å². The molecule has 8 heteroatoms. The third-order valence-corrected chi connectivity index (χ3v) is 4.25. The van der Waals surface area contributed by atoms with Gasteiger partial charge in [-0.25, -0.2) is 9.18 Å². The molecule has 0 bridgehead atoms. The van der Waals surface area contributed by atoms with Crippen LogP contribution in [0.3, 0.4) is 0 Å². The van der Waals surface area contributed by atoms with E-state index in [1.807, 2.05) is 6.07 Å². The lowest BCUT2D eigenvalue weighted by atomic mass is 10.2. The van der Waals surface area contributed by atoms with E-state index in [0.29, 0.717) is 11.3 Å². The van der Waals surface area contributed by atoms with Gasteiger partial charge in [-0.2, -0.15) is 9.36 Å². The topological polar surface area (TPSA) is 61.9 Å². The minimum absolute atomic E-state index is 0.0692. The van der Waals surface area contributed by atoms with E-state index in [4.69, 9.17) is 4.74 Å². The molecular formula is C16H14BrFN4O2. The maximum absolute atomic E-state index is 13.9. The summed E-state index contributed by atoms with van der Waals surface area (Å²) in [4.78, 5) is 12.1. The molecular weight excluding hydrogens is 379 g/mol. The number of aromatic nitrogens is 4. The van der Waals surface area contributed by atoms with Crippen molar-refractivity contribution in [2.24, 2.45) is 7.05 Å². The monoisotopic (exact) mass is 392 g/mol. The Morgan fingerprint density at radius 1 is 1.25 bits per heavy atom. The molecule has 1 heterocycles. The fourth-order valence-corrected chi connectivity index (χ4v) is 2.70. The lowest BCUT2D eigenvalue weighted by molar-refractivity contribution is 0.289. The molecule has 0 aliphatic carbocycles. The Hall–Kier alpha value is -2.48. The van der Waals surface area contributed by atoms with Crippen molar-refractivity contribution in [3.05, 3.63) is 68.3 Å². The Morgan fingerprint density at radius 3 is 2.71 bits per heavy atom. The van der Waals surface area contributed by atoms with E-state index in [-0.39, 0.29) is 18.0 Å². The number of rotatable bonds is 4. The summed E-state index contributed by atoms with van der Waals surface area (Å²) in [6, 6.07) is 10.1. The zero-order valence-electron chi connectivity index (χ0n) is 13.0. The van der Waals surface area contributed by atoms with Crippen LogP contribution in [0.25, 0.3) is 5.69 Å². The smallest absolute Gasteiger partial charge is 0.368 e. The molecule has 124 valence electrons. The molecule has 0 N–H and O–H groups in total. The zero-order valence-corrected chi connectivity index (χ0v) is 14.6. The van der Waals surface area contributed by atoms with E-state index < -0.39 is 5.82 Å². The standard InChI is InChI=1S/C16H14BrFN4O2/c1-10-6-7-15(13(18)8-10)24-9-11-12(17)4-3-5-14(11)22-16(23)21(2)19-20-22/h3-8H,9H2,1-2H3. The Morgan fingerprint density at radius 2 is 2.04 bits per heavy atom. The maximum atomic E-state index is 13.9. The molecule has 0 aliphatic rings. The van der Waals surface area contributed by atoms with Crippen molar-refractivity contribution in [2.75, 3.05) is 0 Å². The van der Waals surface area contributed by atoms with Gasteiger partial charge in [-0.15, -0.1) is 0 Å². The van der Waals surface area contributed by atoms with Crippen LogP contribution in [0.2, 0.25) is 0 Å². The normalized spacial score (nSPS) is 10.8. The highest BCUT2D eigenvalue weighted by atomic mass is 79.9. The molecule has 3 aromatic rings. The highest BCUT2D eigenvalue weighted by molar-refractivity contribution is 9.10. The van der Waals surface area contributed by atoms with Crippen molar-refractivity contribution in [1.82, 2.24) is 19.8 Å². The van der Waals surface area contributed by atoms with Gasteiger partial charge in [-0.1, -0.05) is 28.1 Å². The molecule has 24 heavy (non-hydrogen) atoms. The van der Waals surface area contributed by atoms with Gasteiger partial charge in [0.15, 0.2) is 11.6 Å². The summed E-state index contributed by atoms with van der Waals surface area (Å²) in [7, 11) is 1.52. The van der Waals surface area contributed by atoms with E-state index in [1.54, 1.807) is 31.2 Å². The number of nitrogens with zero attached hydrogens (tertiary/aromatic N) is 4. The lowest BCUT2D eigenvalue weighted by Crippen LogP contribution is -2.23. The van der Waals surface area contributed by atoms with Gasteiger partial charge < -0.3 is 4.74 Å². The van der Waals surface area contributed by atoms with Crippen LogP contribution in [-0.2, 0) is 13.7 Å². The summed E-state index contributed by atoms with van der Waals surface area (Å²) in [5.74, 6) is -0.283. The highest BCUT2D eigenvalue weighted by Gasteiger charge is 2.15. The number of tetrazole rings is 1. The Balaban J connectivity index is 1.96. The van der Waals surface area contributed by atoms with Crippen molar-refractivity contribution >= 4 is 15.9 Å². The van der Waals surface area contributed by atoms with Gasteiger partial charge in [0.05, 0.1) is 5.69 Å². The first-order valence-electron chi connectivity index (χ1n) is 7.13. The van der Waals surface area contributed by atoms with Crippen molar-refractivity contribution < 1.29 is 9.13 Å². The molecule has 2 aromatic carbocycles. The molecule has 1 aromatic heterocycles. The number of halogens is 2. The van der Waals surface area contributed by atoms with Gasteiger partial charge in [-0.05, 0) is 47.2 Å². The van der Waals surface area contributed by atoms with Gasteiger partial charge >= 0.3 is 5.69 Å². The molecule has 0 saturated heterocycles. The van der Waals surface area contributed by atoms with E-state index in [9.17, 15) is 9.18 Å². The predicted molar refractivity (Wildman–Crippen MR) is 89.8 cm³/mol. The van der Waals surface area contributed by atoms with Crippen LogP contribution in [0.5, 0.6) is 5.75 Å². The summed E-state index contributed by atoms with van der Waals surface area (Å²) >= 11 is 3.44. The number of hydrogen-bond acceptors (Lipinski definition) is 4. The van der Waals surface area contributed by atoms with E-state index in [2.05, 4.69) is 26.4 Å². The summed E-state index contributed by atoms with van der Waals surface area (Å²) in [5.41, 5.74) is 1.62. The Bertz CT molecular complexity index is 951. The average molecular weight is 393 g/mol. The second kappa shape index (κ2) is 6.56. The largest absolute Gasteiger partial charge is 0.486 e. The molecule has 0 radical (unpaired) electrons. The van der Waals surface area contributed by atoms with E-state index >= 15 is 0 Å². The molecule has 0 amide bonds. The fourth-order valence-electron chi connectivity index (χ4n) is 2.23. The first kappa shape index (κ1) is 16.4. The van der Waals surface area contributed by atoms with E-state index in [0.717, 1.165) is 14.7 Å². The second-order valence-electron chi connectivity index (χ2n) is 5.26. The molecule has 6 nitrogen and oxygen atoms in total. The molecule has 0 fully saturated rings. The molecule has 0 aliphatic heterocycles. The third kappa shape index (κ3) is 3.09. The molecule has 0 saturated carbocycles. The zero-order chi connectivity index (χ0) is 17.3.